The number of ether oxygens (including phenoxy) is 2. The van der Waals surface area contributed by atoms with Crippen LogP contribution >= 0.6 is 0 Å². The number of halogens is 2. The van der Waals surface area contributed by atoms with Gasteiger partial charge in [-0.3, -0.25) is 8.78 Å². The Morgan fingerprint density at radius 1 is 0.897 bits per heavy atom. The van der Waals surface area contributed by atoms with Gasteiger partial charge < -0.3 is 14.5 Å². The molecule has 29 heavy (non-hydrogen) atoms. The molecule has 0 atom stereocenters. The summed E-state index contributed by atoms with van der Waals surface area (Å²) in [5.74, 6) is -2.27. The number of pyridine rings is 2. The molecule has 0 amide bonds. The van der Waals surface area contributed by atoms with E-state index in [-0.39, 0.29) is 44.3 Å². The average Bonchev–Trinajstić information content (AvgIpc) is 3.13. The van der Waals surface area contributed by atoms with Gasteiger partial charge in [0.25, 0.3) is 0 Å². The monoisotopic (exact) mass is 572 g/mol. The maximum atomic E-state index is 14.2. The van der Waals surface area contributed by atoms with Gasteiger partial charge >= 0.3 is 21.1 Å². The normalized spacial score (nSPS) is 10.3. The first-order chi connectivity index (χ1) is 13.6. The molecule has 0 bridgehead atoms. The van der Waals surface area contributed by atoms with E-state index in [9.17, 15) is 8.78 Å². The maximum Gasteiger partial charge on any atom is 2.00 e. The van der Waals surface area contributed by atoms with Gasteiger partial charge in [-0.05, 0) is 12.1 Å². The van der Waals surface area contributed by atoms with Crippen molar-refractivity contribution in [2.75, 3.05) is 0 Å². The second-order valence-electron chi connectivity index (χ2n) is 5.83. The average molecular weight is 572 g/mol. The van der Waals surface area contributed by atoms with Crippen molar-refractivity contribution in [2.45, 2.75) is 6.92 Å². The first-order valence-electron chi connectivity index (χ1n) is 8.34. The molecule has 0 unspecified atom stereocenters. The standard InChI is InChI=1S/C21H13F2N3O2.Pt/c1-13-8-9-17(25-13)16-5-4-7-21(26-16)28-19-12-18(14(22)11-15(19)23)27-20-6-2-3-10-24-20;/h2-11H,1H3;/q-2;+2. The van der Waals surface area contributed by atoms with E-state index in [2.05, 4.69) is 21.0 Å². The molecule has 0 aliphatic rings. The van der Waals surface area contributed by atoms with Crippen molar-refractivity contribution in [1.82, 2.24) is 15.0 Å². The molecule has 0 saturated carbocycles. The SMILES string of the molecule is Cc1ccc(-c2cccc(Oc3[c-]c(Oc4ccccn4)c(F)cc3F)n2)[n-]1.[Pt+2]. The molecule has 8 heteroatoms. The van der Waals surface area contributed by atoms with Crippen molar-refractivity contribution >= 4 is 0 Å². The fourth-order valence-corrected chi connectivity index (χ4v) is 2.45. The maximum absolute atomic E-state index is 14.2. The molecule has 4 aromatic rings. The fourth-order valence-electron chi connectivity index (χ4n) is 2.45. The van der Waals surface area contributed by atoms with Gasteiger partial charge in [0.1, 0.15) is 0 Å². The topological polar surface area (TPSA) is 58.3 Å². The van der Waals surface area contributed by atoms with E-state index in [0.717, 1.165) is 5.69 Å². The van der Waals surface area contributed by atoms with E-state index >= 15 is 0 Å². The summed E-state index contributed by atoms with van der Waals surface area (Å²) in [5, 5.41) is 0. The molecular weight excluding hydrogens is 559 g/mol. The zero-order chi connectivity index (χ0) is 19.5. The van der Waals surface area contributed by atoms with Crippen molar-refractivity contribution in [1.29, 1.82) is 0 Å². The molecule has 0 radical (unpaired) electrons. The Labute approximate surface area is 180 Å². The molecule has 0 aliphatic heterocycles. The van der Waals surface area contributed by atoms with E-state index in [0.29, 0.717) is 17.5 Å². The Morgan fingerprint density at radius 3 is 2.28 bits per heavy atom. The zero-order valence-electron chi connectivity index (χ0n) is 15.0. The molecule has 0 saturated heterocycles. The van der Waals surface area contributed by atoms with E-state index < -0.39 is 11.6 Å². The van der Waals surface area contributed by atoms with Gasteiger partial charge in [0.2, 0.25) is 11.8 Å². The first kappa shape index (κ1) is 20.7. The van der Waals surface area contributed by atoms with Crippen LogP contribution in [0.4, 0.5) is 8.78 Å². The van der Waals surface area contributed by atoms with E-state index in [4.69, 9.17) is 9.47 Å². The van der Waals surface area contributed by atoms with Crippen molar-refractivity contribution < 1.29 is 39.3 Å². The number of hydrogen-bond donors (Lipinski definition) is 0. The number of aryl methyl sites for hydroxylation is 1. The predicted octanol–water partition coefficient (Wildman–Crippen LogP) is 5.07. The summed E-state index contributed by atoms with van der Waals surface area (Å²) >= 11 is 0. The Balaban J connectivity index is 0.00000240. The molecule has 0 fully saturated rings. The third-order valence-corrected chi connectivity index (χ3v) is 3.73. The van der Waals surface area contributed by atoms with Crippen LogP contribution < -0.4 is 14.5 Å². The quantitative estimate of drug-likeness (QED) is 0.313. The fraction of sp³-hybridized carbons (Fsp3) is 0.0476. The molecule has 0 spiro atoms. The summed E-state index contributed by atoms with van der Waals surface area (Å²) < 4.78 is 39.0. The minimum Gasteiger partial charge on any atom is -0.660 e. The molecule has 148 valence electrons. The largest absolute Gasteiger partial charge is 2.00 e. The van der Waals surface area contributed by atoms with Gasteiger partial charge in [-0.2, -0.15) is 5.69 Å². The number of rotatable bonds is 5. The van der Waals surface area contributed by atoms with Crippen LogP contribution in [-0.4, -0.2) is 9.97 Å². The molecule has 5 nitrogen and oxygen atoms in total. The third-order valence-electron chi connectivity index (χ3n) is 3.73. The first-order valence-corrected chi connectivity index (χ1v) is 8.34. The van der Waals surface area contributed by atoms with Crippen LogP contribution in [0.1, 0.15) is 5.69 Å². The van der Waals surface area contributed by atoms with Gasteiger partial charge in [0, 0.05) is 18.3 Å². The summed E-state index contributed by atoms with van der Waals surface area (Å²) in [6.45, 7) is 1.87. The summed E-state index contributed by atoms with van der Waals surface area (Å²) in [6, 6.07) is 16.7. The smallest absolute Gasteiger partial charge is 0.660 e. The van der Waals surface area contributed by atoms with Crippen molar-refractivity contribution in [3.8, 4) is 34.6 Å². The molecular formula is C21H13F2N3O2Pt. The van der Waals surface area contributed by atoms with Crippen molar-refractivity contribution in [3.05, 3.63) is 84.2 Å². The van der Waals surface area contributed by atoms with Gasteiger partial charge in [-0.25, -0.2) is 9.97 Å². The molecule has 1 aromatic carbocycles. The second kappa shape index (κ2) is 8.97. The van der Waals surface area contributed by atoms with Crippen molar-refractivity contribution in [3.63, 3.8) is 0 Å². The molecule has 0 aliphatic carbocycles. The van der Waals surface area contributed by atoms with Crippen molar-refractivity contribution in [2.24, 2.45) is 0 Å². The summed E-state index contributed by atoms with van der Waals surface area (Å²) in [4.78, 5) is 12.6. The Kier molecular flexibility index (Phi) is 6.39. The number of hydrogen-bond acceptors (Lipinski definition) is 4. The van der Waals surface area contributed by atoms with E-state index in [1.165, 1.54) is 12.3 Å². The molecule has 3 heterocycles. The summed E-state index contributed by atoms with van der Waals surface area (Å²) in [5.41, 5.74) is 2.10. The van der Waals surface area contributed by atoms with Gasteiger partial charge in [0.15, 0.2) is 0 Å². The van der Waals surface area contributed by atoms with Crippen LogP contribution in [0.5, 0.6) is 23.3 Å². The van der Waals surface area contributed by atoms with Gasteiger partial charge in [-0.1, -0.05) is 43.3 Å². The van der Waals surface area contributed by atoms with Gasteiger partial charge in [-0.15, -0.1) is 5.69 Å². The molecule has 0 N–H and O–H groups in total. The van der Waals surface area contributed by atoms with Crippen LogP contribution in [0.2, 0.25) is 0 Å². The number of benzene rings is 1. The van der Waals surface area contributed by atoms with Gasteiger partial charge in [0.05, 0.1) is 28.8 Å². The molecule has 3 aromatic heterocycles. The Hall–Kier alpha value is -3.05. The zero-order valence-corrected chi connectivity index (χ0v) is 17.3. The van der Waals surface area contributed by atoms with E-state index in [1.807, 2.05) is 19.1 Å². The van der Waals surface area contributed by atoms with Crippen LogP contribution in [0.25, 0.3) is 11.4 Å². The number of aromatic nitrogens is 3. The van der Waals surface area contributed by atoms with Crippen LogP contribution in [0.15, 0.2) is 60.8 Å². The van der Waals surface area contributed by atoms with Crippen LogP contribution in [-0.2, 0) is 21.1 Å². The van der Waals surface area contributed by atoms with Crippen LogP contribution in [0.3, 0.4) is 0 Å². The Morgan fingerprint density at radius 2 is 1.62 bits per heavy atom. The second-order valence-corrected chi connectivity index (χ2v) is 5.83. The minimum atomic E-state index is -0.930. The van der Waals surface area contributed by atoms with Crippen LogP contribution in [0, 0.1) is 24.6 Å². The third kappa shape index (κ3) is 4.87. The predicted molar refractivity (Wildman–Crippen MR) is 97.3 cm³/mol. The number of nitrogens with zero attached hydrogens (tertiary/aromatic N) is 3. The minimum absolute atomic E-state index is 0. The Bertz CT molecular complexity index is 1120. The van der Waals surface area contributed by atoms with E-state index in [1.54, 1.807) is 30.3 Å². The summed E-state index contributed by atoms with van der Waals surface area (Å²) in [6.07, 6.45) is 1.49. The summed E-state index contributed by atoms with van der Waals surface area (Å²) in [7, 11) is 0. The molecule has 4 rings (SSSR count).